The maximum atomic E-state index is 11.9. The molecule has 1 atom stereocenters. The Kier molecular flexibility index (Phi) is 4.94. The minimum atomic E-state index is -0.548. The van der Waals surface area contributed by atoms with Crippen molar-refractivity contribution in [1.29, 1.82) is 0 Å². The monoisotopic (exact) mass is 336 g/mol. The highest BCUT2D eigenvalue weighted by molar-refractivity contribution is 6.34. The van der Waals surface area contributed by atoms with Crippen LogP contribution in [0.4, 0.5) is 4.79 Å². The van der Waals surface area contributed by atoms with Crippen molar-refractivity contribution in [2.75, 3.05) is 0 Å². The standard InChI is InChI=1S/C16H21ClN4O2/c1-6-11(20-15(22)23-16(3,4)5)8-21-7-10(2)12-13(17)18-9-19-14(12)21/h6-7,9,11H,1,8H2,2-5H3,(H,20,22). The van der Waals surface area contributed by atoms with Gasteiger partial charge in [-0.2, -0.15) is 0 Å². The summed E-state index contributed by atoms with van der Waals surface area (Å²) in [5.41, 5.74) is 1.15. The number of carbonyl (C=O) groups excluding carboxylic acids is 1. The van der Waals surface area contributed by atoms with Crippen molar-refractivity contribution in [2.45, 2.75) is 45.9 Å². The number of fused-ring (bicyclic) bond motifs is 1. The second-order valence-corrected chi connectivity index (χ2v) is 6.67. The summed E-state index contributed by atoms with van der Waals surface area (Å²) >= 11 is 6.13. The third-order valence-corrected chi connectivity index (χ3v) is 3.46. The number of aryl methyl sites for hydroxylation is 1. The van der Waals surface area contributed by atoms with E-state index >= 15 is 0 Å². The molecular weight excluding hydrogens is 316 g/mol. The molecule has 1 unspecified atom stereocenters. The van der Waals surface area contributed by atoms with Crippen molar-refractivity contribution in [3.63, 3.8) is 0 Å². The van der Waals surface area contributed by atoms with E-state index < -0.39 is 11.7 Å². The van der Waals surface area contributed by atoms with Crippen LogP contribution in [0.25, 0.3) is 11.0 Å². The number of amides is 1. The maximum Gasteiger partial charge on any atom is 0.408 e. The Hall–Kier alpha value is -2.08. The molecule has 2 aromatic rings. The van der Waals surface area contributed by atoms with Crippen molar-refractivity contribution in [2.24, 2.45) is 0 Å². The van der Waals surface area contributed by atoms with Crippen molar-refractivity contribution < 1.29 is 9.53 Å². The SMILES string of the molecule is C=CC(Cn1cc(C)c2c(Cl)ncnc21)NC(=O)OC(C)(C)C. The molecule has 0 aliphatic heterocycles. The first-order valence-corrected chi connectivity index (χ1v) is 7.67. The van der Waals surface area contributed by atoms with Crippen molar-refractivity contribution in [3.05, 3.63) is 35.9 Å². The quantitative estimate of drug-likeness (QED) is 0.685. The first kappa shape index (κ1) is 17.3. The van der Waals surface area contributed by atoms with Gasteiger partial charge in [0.1, 0.15) is 22.7 Å². The van der Waals surface area contributed by atoms with Crippen LogP contribution in [0.15, 0.2) is 25.2 Å². The number of halogens is 1. The Morgan fingerprint density at radius 3 is 2.83 bits per heavy atom. The molecule has 0 bridgehead atoms. The van der Waals surface area contributed by atoms with Gasteiger partial charge in [0.25, 0.3) is 0 Å². The molecule has 0 fully saturated rings. The molecule has 124 valence electrons. The van der Waals surface area contributed by atoms with Crippen LogP contribution < -0.4 is 5.32 Å². The Labute approximate surface area is 140 Å². The van der Waals surface area contributed by atoms with Crippen LogP contribution in [0, 0.1) is 6.92 Å². The lowest BCUT2D eigenvalue weighted by atomic mass is 10.2. The number of rotatable bonds is 4. The third kappa shape index (κ3) is 4.22. The normalized spacial score (nSPS) is 12.9. The number of aromatic nitrogens is 3. The summed E-state index contributed by atoms with van der Waals surface area (Å²) < 4.78 is 7.18. The third-order valence-electron chi connectivity index (χ3n) is 3.18. The predicted molar refractivity (Wildman–Crippen MR) is 90.6 cm³/mol. The minimum Gasteiger partial charge on any atom is -0.444 e. The molecule has 2 rings (SSSR count). The van der Waals surface area contributed by atoms with Gasteiger partial charge < -0.3 is 14.6 Å². The minimum absolute atomic E-state index is 0.298. The van der Waals surface area contributed by atoms with E-state index in [-0.39, 0.29) is 6.04 Å². The number of ether oxygens (including phenoxy) is 1. The molecule has 0 aromatic carbocycles. The van der Waals surface area contributed by atoms with Gasteiger partial charge in [0.15, 0.2) is 0 Å². The van der Waals surface area contributed by atoms with E-state index in [0.29, 0.717) is 11.7 Å². The van der Waals surface area contributed by atoms with E-state index in [1.54, 1.807) is 6.08 Å². The van der Waals surface area contributed by atoms with Crippen LogP contribution in [0.5, 0.6) is 0 Å². The van der Waals surface area contributed by atoms with Crippen LogP contribution in [-0.2, 0) is 11.3 Å². The average molecular weight is 337 g/mol. The zero-order chi connectivity index (χ0) is 17.2. The molecule has 1 amide bonds. The summed E-state index contributed by atoms with van der Waals surface area (Å²) in [6.07, 6.45) is 4.53. The van der Waals surface area contributed by atoms with Crippen LogP contribution in [0.3, 0.4) is 0 Å². The van der Waals surface area contributed by atoms with E-state index in [2.05, 4.69) is 21.9 Å². The smallest absolute Gasteiger partial charge is 0.408 e. The Bertz CT molecular complexity index is 733. The van der Waals surface area contributed by atoms with Gasteiger partial charge in [0.2, 0.25) is 0 Å². The molecule has 23 heavy (non-hydrogen) atoms. The van der Waals surface area contributed by atoms with Gasteiger partial charge in [0, 0.05) is 12.7 Å². The molecule has 0 saturated carbocycles. The zero-order valence-corrected chi connectivity index (χ0v) is 14.5. The highest BCUT2D eigenvalue weighted by atomic mass is 35.5. The number of hydrogen-bond acceptors (Lipinski definition) is 4. The van der Waals surface area contributed by atoms with Gasteiger partial charge in [-0.25, -0.2) is 14.8 Å². The van der Waals surface area contributed by atoms with Gasteiger partial charge in [-0.15, -0.1) is 6.58 Å². The molecule has 2 aromatic heterocycles. The molecule has 2 heterocycles. The van der Waals surface area contributed by atoms with Crippen LogP contribution in [0.1, 0.15) is 26.3 Å². The van der Waals surface area contributed by atoms with Crippen LogP contribution in [-0.4, -0.2) is 32.3 Å². The van der Waals surface area contributed by atoms with E-state index in [0.717, 1.165) is 16.6 Å². The van der Waals surface area contributed by atoms with Gasteiger partial charge >= 0.3 is 6.09 Å². The lowest BCUT2D eigenvalue weighted by Crippen LogP contribution is -2.40. The van der Waals surface area contributed by atoms with E-state index in [1.165, 1.54) is 6.33 Å². The summed E-state index contributed by atoms with van der Waals surface area (Å²) in [6, 6.07) is -0.298. The van der Waals surface area contributed by atoms with E-state index in [9.17, 15) is 4.79 Å². The summed E-state index contributed by atoms with van der Waals surface area (Å²) in [7, 11) is 0. The molecule has 1 N–H and O–H groups in total. The molecule has 0 saturated heterocycles. The number of carbonyl (C=O) groups is 1. The Morgan fingerprint density at radius 2 is 2.22 bits per heavy atom. The van der Waals surface area contributed by atoms with Crippen LogP contribution >= 0.6 is 11.6 Å². The highest BCUT2D eigenvalue weighted by Gasteiger charge is 2.19. The summed E-state index contributed by atoms with van der Waals surface area (Å²) in [4.78, 5) is 20.2. The summed E-state index contributed by atoms with van der Waals surface area (Å²) in [5, 5.41) is 4.02. The lowest BCUT2D eigenvalue weighted by Gasteiger charge is -2.22. The first-order valence-electron chi connectivity index (χ1n) is 7.29. The predicted octanol–water partition coefficient (Wildman–Crippen LogP) is 3.47. The van der Waals surface area contributed by atoms with Gasteiger partial charge in [0.05, 0.1) is 11.4 Å². The fraction of sp³-hybridized carbons (Fsp3) is 0.438. The van der Waals surface area contributed by atoms with Crippen molar-refractivity contribution in [1.82, 2.24) is 19.9 Å². The molecule has 0 aliphatic carbocycles. The Morgan fingerprint density at radius 1 is 1.52 bits per heavy atom. The Balaban J connectivity index is 2.18. The molecule has 0 aliphatic rings. The number of nitrogens with zero attached hydrogens (tertiary/aromatic N) is 3. The second-order valence-electron chi connectivity index (χ2n) is 6.32. The zero-order valence-electron chi connectivity index (χ0n) is 13.8. The fourth-order valence-corrected chi connectivity index (χ4v) is 2.54. The van der Waals surface area contributed by atoms with Crippen molar-refractivity contribution in [3.8, 4) is 0 Å². The number of nitrogens with one attached hydrogen (secondary N) is 1. The first-order chi connectivity index (χ1) is 10.7. The molecule has 7 heteroatoms. The topological polar surface area (TPSA) is 69.0 Å². The fourth-order valence-electron chi connectivity index (χ4n) is 2.26. The highest BCUT2D eigenvalue weighted by Crippen LogP contribution is 2.24. The van der Waals surface area contributed by atoms with Crippen molar-refractivity contribution >= 4 is 28.7 Å². The van der Waals surface area contributed by atoms with Gasteiger partial charge in [-0.3, -0.25) is 0 Å². The molecular formula is C16H21ClN4O2. The maximum absolute atomic E-state index is 11.9. The van der Waals surface area contributed by atoms with Gasteiger partial charge in [-0.05, 0) is 33.3 Å². The second kappa shape index (κ2) is 6.58. The summed E-state index contributed by atoms with van der Waals surface area (Å²) in [6.45, 7) is 11.6. The largest absolute Gasteiger partial charge is 0.444 e. The van der Waals surface area contributed by atoms with E-state index in [4.69, 9.17) is 16.3 Å². The number of hydrogen-bond donors (Lipinski definition) is 1. The van der Waals surface area contributed by atoms with Crippen LogP contribution in [0.2, 0.25) is 5.15 Å². The average Bonchev–Trinajstić information content (AvgIpc) is 2.73. The molecule has 0 spiro atoms. The molecule has 0 radical (unpaired) electrons. The number of alkyl carbamates (subject to hydrolysis) is 1. The van der Waals surface area contributed by atoms with Gasteiger partial charge in [-0.1, -0.05) is 17.7 Å². The summed E-state index contributed by atoms with van der Waals surface area (Å²) in [5.74, 6) is 0. The molecule has 6 nitrogen and oxygen atoms in total. The lowest BCUT2D eigenvalue weighted by molar-refractivity contribution is 0.0511. The van der Waals surface area contributed by atoms with E-state index in [1.807, 2.05) is 38.5 Å².